The molecule has 1 heterocycles. The SMILES string of the molecule is COCC(O)CN(C)Cc1ccn(-c2ccccc2)n1. The van der Waals surface area contributed by atoms with Gasteiger partial charge in [0.25, 0.3) is 0 Å². The van der Waals surface area contributed by atoms with Crippen LogP contribution in [0.3, 0.4) is 0 Å². The summed E-state index contributed by atoms with van der Waals surface area (Å²) in [6.07, 6.45) is 1.48. The minimum Gasteiger partial charge on any atom is -0.389 e. The predicted octanol–water partition coefficient (Wildman–Crippen LogP) is 1.31. The largest absolute Gasteiger partial charge is 0.389 e. The second kappa shape index (κ2) is 7.19. The number of aliphatic hydroxyl groups excluding tert-OH is 1. The van der Waals surface area contributed by atoms with Crippen LogP contribution in [0.25, 0.3) is 5.69 Å². The fraction of sp³-hybridized carbons (Fsp3) is 0.400. The van der Waals surface area contributed by atoms with Gasteiger partial charge in [0.15, 0.2) is 0 Å². The average molecular weight is 275 g/mol. The van der Waals surface area contributed by atoms with Crippen LogP contribution in [0.2, 0.25) is 0 Å². The molecular weight excluding hydrogens is 254 g/mol. The van der Waals surface area contributed by atoms with E-state index in [2.05, 4.69) is 5.10 Å². The van der Waals surface area contributed by atoms with Crippen molar-refractivity contribution in [3.63, 3.8) is 0 Å². The molecule has 108 valence electrons. The molecule has 1 aromatic carbocycles. The summed E-state index contributed by atoms with van der Waals surface area (Å²) in [7, 11) is 3.55. The lowest BCUT2D eigenvalue weighted by atomic mass is 10.3. The quantitative estimate of drug-likeness (QED) is 0.828. The molecule has 1 aromatic heterocycles. The molecule has 0 aliphatic heterocycles. The lowest BCUT2D eigenvalue weighted by molar-refractivity contribution is 0.0416. The first-order chi connectivity index (χ1) is 9.69. The van der Waals surface area contributed by atoms with Crippen molar-refractivity contribution in [2.75, 3.05) is 27.3 Å². The molecule has 0 aliphatic carbocycles. The van der Waals surface area contributed by atoms with Gasteiger partial charge < -0.3 is 9.84 Å². The molecule has 0 fully saturated rings. The molecule has 1 N–H and O–H groups in total. The summed E-state index contributed by atoms with van der Waals surface area (Å²) >= 11 is 0. The molecule has 0 radical (unpaired) electrons. The second-order valence-electron chi connectivity index (χ2n) is 4.89. The van der Waals surface area contributed by atoms with Gasteiger partial charge in [-0.25, -0.2) is 4.68 Å². The van der Waals surface area contributed by atoms with Gasteiger partial charge in [0, 0.05) is 26.4 Å². The topological polar surface area (TPSA) is 50.5 Å². The van der Waals surface area contributed by atoms with E-state index in [9.17, 15) is 5.11 Å². The number of methoxy groups -OCH3 is 1. The molecule has 2 rings (SSSR count). The molecular formula is C15H21N3O2. The van der Waals surface area contributed by atoms with Gasteiger partial charge >= 0.3 is 0 Å². The van der Waals surface area contributed by atoms with Crippen LogP contribution in [0.15, 0.2) is 42.6 Å². The van der Waals surface area contributed by atoms with Crippen LogP contribution in [0.5, 0.6) is 0 Å². The number of aromatic nitrogens is 2. The zero-order valence-corrected chi connectivity index (χ0v) is 11.9. The van der Waals surface area contributed by atoms with Crippen LogP contribution in [0.4, 0.5) is 0 Å². The first-order valence-electron chi connectivity index (χ1n) is 6.64. The van der Waals surface area contributed by atoms with E-state index in [0.29, 0.717) is 19.7 Å². The van der Waals surface area contributed by atoms with Crippen LogP contribution in [0, 0.1) is 0 Å². The molecule has 0 saturated carbocycles. The number of hydrogen-bond acceptors (Lipinski definition) is 4. The number of hydrogen-bond donors (Lipinski definition) is 1. The number of benzene rings is 1. The van der Waals surface area contributed by atoms with Crippen molar-refractivity contribution < 1.29 is 9.84 Å². The van der Waals surface area contributed by atoms with E-state index in [1.807, 2.05) is 59.2 Å². The third-order valence-electron chi connectivity index (χ3n) is 2.98. The average Bonchev–Trinajstić information content (AvgIpc) is 2.88. The van der Waals surface area contributed by atoms with Crippen LogP contribution < -0.4 is 0 Å². The molecule has 5 nitrogen and oxygen atoms in total. The number of para-hydroxylation sites is 1. The maximum atomic E-state index is 9.69. The van der Waals surface area contributed by atoms with Gasteiger partial charge in [-0.15, -0.1) is 0 Å². The van der Waals surface area contributed by atoms with Gasteiger partial charge in [-0.2, -0.15) is 5.10 Å². The van der Waals surface area contributed by atoms with Crippen molar-refractivity contribution in [2.24, 2.45) is 0 Å². The molecule has 1 atom stereocenters. The normalized spacial score (nSPS) is 12.8. The molecule has 0 aliphatic rings. The minimum absolute atomic E-state index is 0.350. The van der Waals surface area contributed by atoms with Gasteiger partial charge in [0.2, 0.25) is 0 Å². The highest BCUT2D eigenvalue weighted by Gasteiger charge is 2.10. The second-order valence-corrected chi connectivity index (χ2v) is 4.89. The fourth-order valence-electron chi connectivity index (χ4n) is 2.12. The predicted molar refractivity (Wildman–Crippen MR) is 77.8 cm³/mol. The standard InChI is InChI=1S/C15H21N3O2/c1-17(11-15(19)12-20-2)10-13-8-9-18(16-13)14-6-4-3-5-7-14/h3-9,15,19H,10-12H2,1-2H3. The highest BCUT2D eigenvalue weighted by Crippen LogP contribution is 2.08. The van der Waals surface area contributed by atoms with Crippen molar-refractivity contribution >= 4 is 0 Å². The highest BCUT2D eigenvalue weighted by molar-refractivity contribution is 5.30. The number of aliphatic hydroxyl groups is 1. The van der Waals surface area contributed by atoms with Gasteiger partial charge in [-0.3, -0.25) is 4.90 Å². The molecule has 0 spiro atoms. The highest BCUT2D eigenvalue weighted by atomic mass is 16.5. The Kier molecular flexibility index (Phi) is 5.29. The van der Waals surface area contributed by atoms with E-state index in [1.165, 1.54) is 0 Å². The summed E-state index contributed by atoms with van der Waals surface area (Å²) in [6.45, 7) is 1.61. The summed E-state index contributed by atoms with van der Waals surface area (Å²) in [5.74, 6) is 0. The van der Waals surface area contributed by atoms with Gasteiger partial charge in [-0.1, -0.05) is 18.2 Å². The summed E-state index contributed by atoms with van der Waals surface area (Å²) in [6, 6.07) is 12.0. The van der Waals surface area contributed by atoms with E-state index < -0.39 is 6.10 Å². The Bertz CT molecular complexity index is 513. The Morgan fingerprint density at radius 3 is 2.75 bits per heavy atom. The molecule has 20 heavy (non-hydrogen) atoms. The van der Waals surface area contributed by atoms with Crippen LogP contribution >= 0.6 is 0 Å². The van der Waals surface area contributed by atoms with Crippen molar-refractivity contribution in [3.8, 4) is 5.69 Å². The van der Waals surface area contributed by atoms with Crippen LogP contribution in [-0.2, 0) is 11.3 Å². The zero-order valence-electron chi connectivity index (χ0n) is 11.9. The molecule has 0 saturated heterocycles. The molecule has 1 unspecified atom stereocenters. The molecule has 2 aromatic rings. The number of nitrogens with zero attached hydrogens (tertiary/aromatic N) is 3. The monoisotopic (exact) mass is 275 g/mol. The summed E-state index contributed by atoms with van der Waals surface area (Å²) in [5.41, 5.74) is 2.02. The van der Waals surface area contributed by atoms with Crippen LogP contribution in [-0.4, -0.2) is 53.2 Å². The minimum atomic E-state index is -0.471. The third-order valence-corrected chi connectivity index (χ3v) is 2.98. The van der Waals surface area contributed by atoms with Gasteiger partial charge in [0.05, 0.1) is 24.1 Å². The lowest BCUT2D eigenvalue weighted by Crippen LogP contribution is -2.31. The summed E-state index contributed by atoms with van der Waals surface area (Å²) in [5, 5.41) is 14.2. The van der Waals surface area contributed by atoms with E-state index in [-0.39, 0.29) is 0 Å². The Balaban J connectivity index is 1.93. The van der Waals surface area contributed by atoms with Crippen molar-refractivity contribution in [3.05, 3.63) is 48.3 Å². The van der Waals surface area contributed by atoms with Crippen LogP contribution in [0.1, 0.15) is 5.69 Å². The fourth-order valence-corrected chi connectivity index (χ4v) is 2.12. The zero-order chi connectivity index (χ0) is 14.4. The Labute approximate surface area is 119 Å². The number of ether oxygens (including phenoxy) is 1. The first kappa shape index (κ1) is 14.7. The van der Waals surface area contributed by atoms with E-state index in [4.69, 9.17) is 4.74 Å². The van der Waals surface area contributed by atoms with E-state index in [1.54, 1.807) is 7.11 Å². The first-order valence-corrected chi connectivity index (χ1v) is 6.64. The smallest absolute Gasteiger partial charge is 0.0900 e. The number of rotatable bonds is 7. The molecule has 0 amide bonds. The van der Waals surface area contributed by atoms with Crippen molar-refractivity contribution in [1.29, 1.82) is 0 Å². The lowest BCUT2D eigenvalue weighted by Gasteiger charge is -2.18. The van der Waals surface area contributed by atoms with E-state index >= 15 is 0 Å². The Hall–Kier alpha value is -1.69. The Morgan fingerprint density at radius 2 is 2.05 bits per heavy atom. The van der Waals surface area contributed by atoms with Crippen molar-refractivity contribution in [2.45, 2.75) is 12.6 Å². The maximum Gasteiger partial charge on any atom is 0.0900 e. The van der Waals surface area contributed by atoms with Gasteiger partial charge in [-0.05, 0) is 25.2 Å². The molecule has 0 bridgehead atoms. The Morgan fingerprint density at radius 1 is 1.30 bits per heavy atom. The molecule has 5 heteroatoms. The summed E-state index contributed by atoms with van der Waals surface area (Å²) in [4.78, 5) is 2.03. The number of likely N-dealkylation sites (N-methyl/N-ethyl adjacent to an activating group) is 1. The van der Waals surface area contributed by atoms with E-state index in [0.717, 1.165) is 11.4 Å². The third kappa shape index (κ3) is 4.16. The van der Waals surface area contributed by atoms with Crippen molar-refractivity contribution in [1.82, 2.24) is 14.7 Å². The summed E-state index contributed by atoms with van der Waals surface area (Å²) < 4.78 is 6.78. The van der Waals surface area contributed by atoms with Gasteiger partial charge in [0.1, 0.15) is 0 Å². The maximum absolute atomic E-state index is 9.69.